The van der Waals surface area contributed by atoms with Crippen molar-refractivity contribution in [2.45, 2.75) is 13.0 Å². The minimum atomic E-state index is 0.0451. The molecule has 1 amide bonds. The normalized spacial score (nSPS) is 15.4. The first kappa shape index (κ1) is 22.3. The van der Waals surface area contributed by atoms with Gasteiger partial charge < -0.3 is 24.7 Å². The molecule has 1 aliphatic rings. The third-order valence-electron chi connectivity index (χ3n) is 4.87. The molecule has 3 heterocycles. The first-order valence-electron chi connectivity index (χ1n) is 10.3. The number of guanidine groups is 1. The van der Waals surface area contributed by atoms with Gasteiger partial charge in [0.25, 0.3) is 0 Å². The van der Waals surface area contributed by atoms with Crippen molar-refractivity contribution in [3.05, 3.63) is 46.5 Å². The number of carbonyl (C=O) groups is 1. The lowest BCUT2D eigenvalue weighted by atomic mass is 10.3. The van der Waals surface area contributed by atoms with Gasteiger partial charge in [-0.3, -0.25) is 9.69 Å². The molecular weight excluding hydrogens is 402 g/mol. The number of furan rings is 1. The van der Waals surface area contributed by atoms with E-state index in [2.05, 4.69) is 37.9 Å². The first-order chi connectivity index (χ1) is 14.7. The maximum atomic E-state index is 12.0. The van der Waals surface area contributed by atoms with Crippen molar-refractivity contribution in [1.82, 2.24) is 20.4 Å². The van der Waals surface area contributed by atoms with Crippen molar-refractivity contribution in [2.75, 3.05) is 59.5 Å². The zero-order chi connectivity index (χ0) is 21.0. The van der Waals surface area contributed by atoms with Crippen LogP contribution in [-0.2, 0) is 22.5 Å². The van der Waals surface area contributed by atoms with Gasteiger partial charge in [0.15, 0.2) is 5.96 Å². The van der Waals surface area contributed by atoms with Gasteiger partial charge in [-0.15, -0.1) is 11.3 Å². The summed E-state index contributed by atoms with van der Waals surface area (Å²) in [4.78, 5) is 22.6. The number of thiophene rings is 1. The summed E-state index contributed by atoms with van der Waals surface area (Å²) in [6.07, 6.45) is 2.51. The second-order valence-corrected chi connectivity index (χ2v) is 8.11. The Morgan fingerprint density at radius 3 is 2.77 bits per heavy atom. The van der Waals surface area contributed by atoms with Gasteiger partial charge >= 0.3 is 0 Å². The highest BCUT2D eigenvalue weighted by Gasteiger charge is 2.21. The van der Waals surface area contributed by atoms with Crippen LogP contribution in [0.1, 0.15) is 10.6 Å². The highest BCUT2D eigenvalue weighted by molar-refractivity contribution is 7.09. The van der Waals surface area contributed by atoms with Gasteiger partial charge in [-0.05, 0) is 23.6 Å². The molecule has 3 rings (SSSR count). The Bertz CT molecular complexity index is 756. The fourth-order valence-corrected chi connectivity index (χ4v) is 3.87. The summed E-state index contributed by atoms with van der Waals surface area (Å²) >= 11 is 1.72. The Hall–Kier alpha value is -2.36. The van der Waals surface area contributed by atoms with Gasteiger partial charge in [-0.1, -0.05) is 6.07 Å². The van der Waals surface area contributed by atoms with E-state index in [4.69, 9.17) is 14.1 Å². The van der Waals surface area contributed by atoms with Crippen LogP contribution in [0.2, 0.25) is 0 Å². The molecule has 8 nitrogen and oxygen atoms in total. The Morgan fingerprint density at radius 2 is 2.07 bits per heavy atom. The molecule has 2 N–H and O–H groups in total. The van der Waals surface area contributed by atoms with Crippen molar-refractivity contribution in [3.63, 3.8) is 0 Å². The molecule has 0 atom stereocenters. The maximum absolute atomic E-state index is 12.0. The number of piperazine rings is 1. The number of amides is 1. The Balaban J connectivity index is 1.49. The van der Waals surface area contributed by atoms with Gasteiger partial charge in [0, 0.05) is 57.7 Å². The number of ether oxygens (including phenoxy) is 1. The van der Waals surface area contributed by atoms with Crippen LogP contribution in [0.15, 0.2) is 45.3 Å². The number of aliphatic imine (C=N–C) groups is 1. The number of nitrogens with one attached hydrogen (secondary N) is 2. The number of rotatable bonds is 10. The molecule has 0 unspecified atom stereocenters. The summed E-state index contributed by atoms with van der Waals surface area (Å²) in [6, 6.07) is 8.05. The van der Waals surface area contributed by atoms with Crippen LogP contribution >= 0.6 is 11.3 Å². The molecule has 0 spiro atoms. The molecule has 164 valence electrons. The van der Waals surface area contributed by atoms with Crippen LogP contribution in [0.3, 0.4) is 0 Å². The molecule has 9 heteroatoms. The van der Waals surface area contributed by atoms with E-state index < -0.39 is 0 Å². The van der Waals surface area contributed by atoms with Crippen molar-refractivity contribution >= 4 is 23.2 Å². The standard InChI is InChI=1S/C21H31N5O3S/c1-28-14-8-22-20(27)17-25-9-11-26(12-10-25)21(24-16-19-5-3-15-30-19)23-7-6-18-4-2-13-29-18/h2-5,13,15H,6-12,14,16-17H2,1H3,(H,22,27)(H,23,24). The molecule has 0 saturated carbocycles. The van der Waals surface area contributed by atoms with Crippen molar-refractivity contribution in [1.29, 1.82) is 0 Å². The van der Waals surface area contributed by atoms with Crippen LogP contribution in [0.5, 0.6) is 0 Å². The lowest BCUT2D eigenvalue weighted by molar-refractivity contribution is -0.122. The highest BCUT2D eigenvalue weighted by atomic mass is 32.1. The average molecular weight is 434 g/mol. The lowest BCUT2D eigenvalue weighted by Crippen LogP contribution is -2.54. The van der Waals surface area contributed by atoms with E-state index in [1.54, 1.807) is 24.7 Å². The molecule has 2 aromatic heterocycles. The van der Waals surface area contributed by atoms with Crippen molar-refractivity contribution < 1.29 is 13.9 Å². The molecule has 0 aromatic carbocycles. The molecule has 0 bridgehead atoms. The van der Waals surface area contributed by atoms with Crippen LogP contribution in [0.25, 0.3) is 0 Å². The molecule has 0 radical (unpaired) electrons. The summed E-state index contributed by atoms with van der Waals surface area (Å²) in [6.45, 7) is 6.27. The third-order valence-corrected chi connectivity index (χ3v) is 5.73. The Labute approximate surface area is 181 Å². The van der Waals surface area contributed by atoms with E-state index in [1.165, 1.54) is 4.88 Å². The fraction of sp³-hybridized carbons (Fsp3) is 0.524. The number of nitrogens with zero attached hydrogens (tertiary/aromatic N) is 3. The quantitative estimate of drug-likeness (QED) is 0.335. The highest BCUT2D eigenvalue weighted by Crippen LogP contribution is 2.11. The smallest absolute Gasteiger partial charge is 0.234 e. The predicted molar refractivity (Wildman–Crippen MR) is 119 cm³/mol. The third kappa shape index (κ3) is 7.47. The van der Waals surface area contributed by atoms with E-state index >= 15 is 0 Å². The first-order valence-corrected chi connectivity index (χ1v) is 11.2. The van der Waals surface area contributed by atoms with Gasteiger partial charge in [0.05, 0.1) is 26.0 Å². The van der Waals surface area contributed by atoms with E-state index in [0.717, 1.165) is 50.9 Å². The molecule has 1 aliphatic heterocycles. The maximum Gasteiger partial charge on any atom is 0.234 e. The molecule has 1 fully saturated rings. The van der Waals surface area contributed by atoms with E-state index in [1.807, 2.05) is 12.1 Å². The van der Waals surface area contributed by atoms with Crippen LogP contribution < -0.4 is 10.6 Å². The summed E-state index contributed by atoms with van der Waals surface area (Å²) in [5.41, 5.74) is 0. The number of methoxy groups -OCH3 is 1. The zero-order valence-corrected chi connectivity index (χ0v) is 18.3. The van der Waals surface area contributed by atoms with Gasteiger partial charge in [-0.25, -0.2) is 4.99 Å². The minimum absolute atomic E-state index is 0.0451. The summed E-state index contributed by atoms with van der Waals surface area (Å²) in [7, 11) is 1.63. The summed E-state index contributed by atoms with van der Waals surface area (Å²) < 4.78 is 10.4. The zero-order valence-electron chi connectivity index (χ0n) is 17.5. The van der Waals surface area contributed by atoms with Crippen LogP contribution in [0.4, 0.5) is 0 Å². The number of hydrogen-bond acceptors (Lipinski definition) is 6. The summed E-state index contributed by atoms with van der Waals surface area (Å²) in [5, 5.41) is 8.44. The molecule has 2 aromatic rings. The average Bonchev–Trinajstić information content (AvgIpc) is 3.46. The molecular formula is C21H31N5O3S. The predicted octanol–water partition coefficient (Wildman–Crippen LogP) is 1.41. The lowest BCUT2D eigenvalue weighted by Gasteiger charge is -2.36. The monoisotopic (exact) mass is 433 g/mol. The Morgan fingerprint density at radius 1 is 1.20 bits per heavy atom. The van der Waals surface area contributed by atoms with Crippen LogP contribution in [0, 0.1) is 0 Å². The van der Waals surface area contributed by atoms with Crippen molar-refractivity contribution in [3.8, 4) is 0 Å². The van der Waals surface area contributed by atoms with E-state index in [9.17, 15) is 4.79 Å². The SMILES string of the molecule is COCCNC(=O)CN1CCN(C(=NCc2cccs2)NCCc2ccco2)CC1. The number of carbonyl (C=O) groups excluding carboxylic acids is 1. The van der Waals surface area contributed by atoms with Crippen molar-refractivity contribution in [2.24, 2.45) is 4.99 Å². The second-order valence-electron chi connectivity index (χ2n) is 7.08. The number of hydrogen-bond donors (Lipinski definition) is 2. The second kappa shape index (κ2) is 12.4. The van der Waals surface area contributed by atoms with Gasteiger partial charge in [-0.2, -0.15) is 0 Å². The van der Waals surface area contributed by atoms with E-state index in [-0.39, 0.29) is 5.91 Å². The largest absolute Gasteiger partial charge is 0.469 e. The fourth-order valence-electron chi connectivity index (χ4n) is 3.24. The molecule has 1 saturated heterocycles. The molecule has 0 aliphatic carbocycles. The van der Waals surface area contributed by atoms with Gasteiger partial charge in [0.1, 0.15) is 5.76 Å². The Kier molecular flexibility index (Phi) is 9.20. The molecule has 30 heavy (non-hydrogen) atoms. The van der Waals surface area contributed by atoms with E-state index in [0.29, 0.717) is 26.2 Å². The topological polar surface area (TPSA) is 82.3 Å². The summed E-state index contributed by atoms with van der Waals surface area (Å²) in [5.74, 6) is 1.92. The minimum Gasteiger partial charge on any atom is -0.469 e. The van der Waals surface area contributed by atoms with Gasteiger partial charge in [0.2, 0.25) is 5.91 Å². The van der Waals surface area contributed by atoms with Crippen LogP contribution in [-0.4, -0.2) is 81.2 Å².